The number of hydrogen-bond donors (Lipinski definition) is 0. The summed E-state index contributed by atoms with van der Waals surface area (Å²) in [6.45, 7) is 1.10. The van der Waals surface area contributed by atoms with E-state index in [4.69, 9.17) is 9.47 Å². The van der Waals surface area contributed by atoms with Crippen LogP contribution in [0.2, 0.25) is 0 Å². The summed E-state index contributed by atoms with van der Waals surface area (Å²) in [6.07, 6.45) is -1.25. The number of hydrogen-bond acceptors (Lipinski definition) is 6. The van der Waals surface area contributed by atoms with E-state index in [0.29, 0.717) is 41.6 Å². The highest BCUT2D eigenvalue weighted by atomic mass is 19.4. The molecule has 0 saturated carbocycles. The second-order valence-electron chi connectivity index (χ2n) is 7.92. The maximum absolute atomic E-state index is 13.5. The molecule has 5 aromatic rings. The van der Waals surface area contributed by atoms with Gasteiger partial charge in [-0.1, -0.05) is 12.1 Å². The Kier molecular flexibility index (Phi) is 4.73. The third-order valence-corrected chi connectivity index (χ3v) is 5.71. The lowest BCUT2D eigenvalue weighted by atomic mass is 10.1. The van der Waals surface area contributed by atoms with Crippen molar-refractivity contribution in [3.8, 4) is 28.6 Å². The third-order valence-electron chi connectivity index (χ3n) is 5.71. The van der Waals surface area contributed by atoms with Crippen molar-refractivity contribution >= 4 is 16.7 Å². The predicted molar refractivity (Wildman–Crippen MR) is 120 cm³/mol. The molecule has 0 radical (unpaired) electrons. The molecule has 0 saturated heterocycles. The van der Waals surface area contributed by atoms with Crippen LogP contribution >= 0.6 is 0 Å². The summed E-state index contributed by atoms with van der Waals surface area (Å²) < 4.78 is 54.3. The Hall–Kier alpha value is -4.41. The molecule has 8 nitrogen and oxygen atoms in total. The molecule has 4 heterocycles. The van der Waals surface area contributed by atoms with Crippen LogP contribution in [0.15, 0.2) is 65.7 Å². The van der Waals surface area contributed by atoms with E-state index in [1.807, 2.05) is 0 Å². The van der Waals surface area contributed by atoms with Gasteiger partial charge in [0.05, 0.1) is 35.4 Å². The molecule has 3 aromatic heterocycles. The van der Waals surface area contributed by atoms with Gasteiger partial charge in [-0.2, -0.15) is 22.7 Å². The molecule has 1 aliphatic rings. The Morgan fingerprint density at radius 1 is 0.971 bits per heavy atom. The molecule has 176 valence electrons. The fourth-order valence-electron chi connectivity index (χ4n) is 4.06. The minimum Gasteiger partial charge on any atom is -0.490 e. The first-order valence-corrected chi connectivity index (χ1v) is 10.7. The van der Waals surface area contributed by atoms with E-state index >= 15 is 0 Å². The van der Waals surface area contributed by atoms with Gasteiger partial charge in [-0.05, 0) is 36.4 Å². The molecule has 0 fully saturated rings. The molecule has 6 rings (SSSR count). The minimum absolute atomic E-state index is 0.104. The number of rotatable bonds is 2. The highest BCUT2D eigenvalue weighted by Gasteiger charge is 2.34. The topological polar surface area (TPSA) is 83.5 Å². The second-order valence-corrected chi connectivity index (χ2v) is 7.92. The lowest BCUT2D eigenvalue weighted by Gasteiger charge is -2.14. The molecule has 35 heavy (non-hydrogen) atoms. The van der Waals surface area contributed by atoms with Crippen LogP contribution in [0.3, 0.4) is 0 Å². The van der Waals surface area contributed by atoms with Crippen LogP contribution in [0.25, 0.3) is 33.8 Å². The number of fused-ring (bicyclic) bond motifs is 4. The Balaban J connectivity index is 1.48. The monoisotopic (exact) mass is 479 g/mol. The van der Waals surface area contributed by atoms with Gasteiger partial charge in [0.2, 0.25) is 0 Å². The Bertz CT molecular complexity index is 1660. The maximum atomic E-state index is 13.5. The first kappa shape index (κ1) is 21.1. The van der Waals surface area contributed by atoms with Crippen LogP contribution in [0.5, 0.6) is 11.5 Å². The summed E-state index contributed by atoms with van der Waals surface area (Å²) >= 11 is 0. The van der Waals surface area contributed by atoms with E-state index < -0.39 is 17.3 Å². The zero-order valence-corrected chi connectivity index (χ0v) is 18.0. The van der Waals surface area contributed by atoms with Gasteiger partial charge in [-0.3, -0.25) is 9.36 Å². The van der Waals surface area contributed by atoms with Crippen molar-refractivity contribution in [1.82, 2.24) is 24.1 Å². The quantitative estimate of drug-likeness (QED) is 0.376. The number of nitrogens with zero attached hydrogens (tertiary/aromatic N) is 5. The molecule has 0 N–H and O–H groups in total. The molecule has 0 aliphatic carbocycles. The van der Waals surface area contributed by atoms with Gasteiger partial charge in [-0.25, -0.2) is 4.98 Å². The van der Waals surface area contributed by atoms with E-state index in [2.05, 4.69) is 15.1 Å². The number of aromatic nitrogens is 5. The zero-order valence-electron chi connectivity index (χ0n) is 18.0. The minimum atomic E-state index is -4.61. The van der Waals surface area contributed by atoms with Gasteiger partial charge in [0.1, 0.15) is 0 Å². The maximum Gasteiger partial charge on any atom is 0.418 e. The largest absolute Gasteiger partial charge is 0.490 e. The molecule has 2 aromatic carbocycles. The van der Waals surface area contributed by atoms with Crippen molar-refractivity contribution in [1.29, 1.82) is 0 Å². The first-order chi connectivity index (χ1) is 16.9. The molecule has 11 heteroatoms. The smallest absolute Gasteiger partial charge is 0.418 e. The van der Waals surface area contributed by atoms with E-state index in [-0.39, 0.29) is 16.9 Å². The number of ether oxygens (including phenoxy) is 2. The van der Waals surface area contributed by atoms with Gasteiger partial charge < -0.3 is 9.47 Å². The summed E-state index contributed by atoms with van der Waals surface area (Å²) in [5, 5.41) is 4.61. The van der Waals surface area contributed by atoms with Gasteiger partial charge >= 0.3 is 6.18 Å². The fourth-order valence-corrected chi connectivity index (χ4v) is 4.06. The summed E-state index contributed by atoms with van der Waals surface area (Å²) in [6, 6.07) is 11.8. The number of halogens is 3. The fraction of sp³-hybridized carbons (Fsp3) is 0.167. The summed E-state index contributed by atoms with van der Waals surface area (Å²) in [5.41, 5.74) is -0.790. The average Bonchev–Trinajstić information content (AvgIpc) is 3.15. The SMILES string of the molecule is O=c1c2cnc3nc(-c4ccc5c(c4)OCCCO5)nn3c2ccn1-c1ccccc1C(F)(F)F. The Labute approximate surface area is 195 Å². The number of alkyl halides is 3. The normalized spacial score (nSPS) is 13.8. The van der Waals surface area contributed by atoms with Crippen LogP contribution in [-0.4, -0.2) is 37.4 Å². The third kappa shape index (κ3) is 3.56. The van der Waals surface area contributed by atoms with Gasteiger partial charge in [0, 0.05) is 24.4 Å². The number of para-hydroxylation sites is 1. The standard InChI is InChI=1S/C24H16F3N5O3/c25-24(26,27)16-4-1-2-5-18(16)31-9-8-17-15(22(31)33)13-28-23-29-21(30-32(17)23)14-6-7-19-20(12-14)35-11-3-10-34-19/h1-2,4-9,12-13H,3,10-11H2. The number of benzene rings is 2. The van der Waals surface area contributed by atoms with Crippen LogP contribution < -0.4 is 15.0 Å². The van der Waals surface area contributed by atoms with Crippen LogP contribution in [0.4, 0.5) is 13.2 Å². The highest BCUT2D eigenvalue weighted by molar-refractivity contribution is 5.79. The van der Waals surface area contributed by atoms with E-state index in [9.17, 15) is 18.0 Å². The highest BCUT2D eigenvalue weighted by Crippen LogP contribution is 2.34. The van der Waals surface area contributed by atoms with Crippen LogP contribution in [0.1, 0.15) is 12.0 Å². The van der Waals surface area contributed by atoms with Crippen molar-refractivity contribution in [2.24, 2.45) is 0 Å². The van der Waals surface area contributed by atoms with Gasteiger partial charge in [0.25, 0.3) is 11.3 Å². The predicted octanol–water partition coefficient (Wildman–Crippen LogP) is 4.28. The van der Waals surface area contributed by atoms with Crippen molar-refractivity contribution in [2.75, 3.05) is 13.2 Å². The number of pyridine rings is 1. The first-order valence-electron chi connectivity index (χ1n) is 10.7. The van der Waals surface area contributed by atoms with Gasteiger partial charge in [0.15, 0.2) is 17.3 Å². The zero-order chi connectivity index (χ0) is 24.2. The Morgan fingerprint density at radius 2 is 1.77 bits per heavy atom. The lowest BCUT2D eigenvalue weighted by molar-refractivity contribution is -0.137. The molecule has 0 bridgehead atoms. The summed E-state index contributed by atoms with van der Waals surface area (Å²) in [5.74, 6) is 1.82. The van der Waals surface area contributed by atoms with E-state index in [1.54, 1.807) is 18.2 Å². The van der Waals surface area contributed by atoms with Crippen molar-refractivity contribution in [3.05, 3.63) is 76.8 Å². The van der Waals surface area contributed by atoms with Crippen molar-refractivity contribution < 1.29 is 22.6 Å². The molecular weight excluding hydrogens is 463 g/mol. The van der Waals surface area contributed by atoms with Crippen LogP contribution in [-0.2, 0) is 6.18 Å². The summed E-state index contributed by atoms with van der Waals surface area (Å²) in [4.78, 5) is 21.9. The second kappa shape index (κ2) is 7.83. The molecular formula is C24H16F3N5O3. The lowest BCUT2D eigenvalue weighted by Crippen LogP contribution is -2.22. The summed E-state index contributed by atoms with van der Waals surface area (Å²) in [7, 11) is 0. The Morgan fingerprint density at radius 3 is 2.60 bits per heavy atom. The molecule has 0 amide bonds. The van der Waals surface area contributed by atoms with E-state index in [0.717, 1.165) is 17.1 Å². The average molecular weight is 479 g/mol. The van der Waals surface area contributed by atoms with Gasteiger partial charge in [-0.15, -0.1) is 5.10 Å². The van der Waals surface area contributed by atoms with Crippen molar-refractivity contribution in [2.45, 2.75) is 12.6 Å². The molecule has 0 spiro atoms. The molecule has 1 aliphatic heterocycles. The van der Waals surface area contributed by atoms with E-state index in [1.165, 1.54) is 41.2 Å². The molecule has 0 atom stereocenters. The van der Waals surface area contributed by atoms with Crippen LogP contribution in [0, 0.1) is 0 Å². The molecule has 0 unspecified atom stereocenters. The van der Waals surface area contributed by atoms with Crippen molar-refractivity contribution in [3.63, 3.8) is 0 Å².